The van der Waals surface area contributed by atoms with Gasteiger partial charge in [0.25, 0.3) is 0 Å². The topological polar surface area (TPSA) is 15.3 Å². The molecule has 0 atom stereocenters. The van der Waals surface area contributed by atoms with Gasteiger partial charge in [0.2, 0.25) is 0 Å². The van der Waals surface area contributed by atoms with E-state index in [-0.39, 0.29) is 0 Å². The molecule has 1 heterocycles. The number of nitrogens with one attached hydrogen (secondary N) is 1. The average molecular weight is 282 g/mol. The van der Waals surface area contributed by atoms with E-state index in [1.54, 1.807) is 0 Å². The second kappa shape index (κ2) is 8.72. The van der Waals surface area contributed by atoms with Crippen LogP contribution in [0, 0.1) is 5.92 Å². The smallest absolute Gasteiger partial charge is 0.0330 e. The number of thiophene rings is 1. The van der Waals surface area contributed by atoms with Crippen molar-refractivity contribution in [3.8, 4) is 0 Å². The van der Waals surface area contributed by atoms with E-state index in [1.165, 1.54) is 22.7 Å². The van der Waals surface area contributed by atoms with E-state index in [9.17, 15) is 0 Å². The first-order valence-electron chi connectivity index (χ1n) is 7.55. The van der Waals surface area contributed by atoms with Crippen LogP contribution in [0.15, 0.2) is 12.1 Å². The normalized spacial score (nSPS) is 12.0. The summed E-state index contributed by atoms with van der Waals surface area (Å²) in [7, 11) is 0. The predicted octanol–water partition coefficient (Wildman–Crippen LogP) is 4.11. The summed E-state index contributed by atoms with van der Waals surface area (Å²) in [6.45, 7) is 15.8. The largest absolute Gasteiger partial charge is 0.312 e. The van der Waals surface area contributed by atoms with Crippen molar-refractivity contribution in [2.24, 2.45) is 5.92 Å². The van der Waals surface area contributed by atoms with Gasteiger partial charge < -0.3 is 5.32 Å². The van der Waals surface area contributed by atoms with Crippen LogP contribution in [0.2, 0.25) is 0 Å². The van der Waals surface area contributed by atoms with E-state index < -0.39 is 0 Å². The van der Waals surface area contributed by atoms with Crippen molar-refractivity contribution in [2.45, 2.75) is 60.2 Å². The van der Waals surface area contributed by atoms with E-state index in [4.69, 9.17) is 0 Å². The average Bonchev–Trinajstić information content (AvgIpc) is 2.76. The lowest BCUT2D eigenvalue weighted by Gasteiger charge is -2.27. The summed E-state index contributed by atoms with van der Waals surface area (Å²) in [5, 5.41) is 3.47. The predicted molar refractivity (Wildman–Crippen MR) is 86.7 cm³/mol. The molecule has 3 heteroatoms. The van der Waals surface area contributed by atoms with E-state index in [1.807, 2.05) is 11.3 Å². The maximum atomic E-state index is 3.47. The molecule has 0 saturated heterocycles. The van der Waals surface area contributed by atoms with Crippen molar-refractivity contribution in [3.63, 3.8) is 0 Å². The Labute approximate surface area is 123 Å². The molecule has 1 aromatic rings. The number of hydrogen-bond acceptors (Lipinski definition) is 3. The summed E-state index contributed by atoms with van der Waals surface area (Å²) in [5.74, 6) is 0.730. The fourth-order valence-corrected chi connectivity index (χ4v) is 3.13. The van der Waals surface area contributed by atoms with Crippen LogP contribution in [0.4, 0.5) is 0 Å². The molecule has 0 amide bonds. The fraction of sp³-hybridized carbons (Fsp3) is 0.750. The Balaban J connectivity index is 2.50. The van der Waals surface area contributed by atoms with E-state index in [2.05, 4.69) is 57.0 Å². The number of rotatable bonds is 9. The van der Waals surface area contributed by atoms with Crippen LogP contribution >= 0.6 is 11.3 Å². The SMILES string of the molecule is CCCNCc1ccc(CN(CC(C)C)C(C)C)s1. The molecule has 19 heavy (non-hydrogen) atoms. The monoisotopic (exact) mass is 282 g/mol. The molecule has 0 aliphatic heterocycles. The minimum absolute atomic E-state index is 0.617. The maximum Gasteiger partial charge on any atom is 0.0330 e. The van der Waals surface area contributed by atoms with Crippen LogP contribution < -0.4 is 5.32 Å². The molecule has 0 unspecified atom stereocenters. The summed E-state index contributed by atoms with van der Waals surface area (Å²) in [6.07, 6.45) is 1.20. The lowest BCUT2D eigenvalue weighted by Crippen LogP contribution is -2.33. The molecule has 0 radical (unpaired) electrons. The van der Waals surface area contributed by atoms with Crippen molar-refractivity contribution in [2.75, 3.05) is 13.1 Å². The molecule has 0 spiro atoms. The van der Waals surface area contributed by atoms with Gasteiger partial charge in [0, 0.05) is 35.4 Å². The highest BCUT2D eigenvalue weighted by Gasteiger charge is 2.13. The van der Waals surface area contributed by atoms with Crippen molar-refractivity contribution in [1.29, 1.82) is 0 Å². The zero-order valence-corrected chi connectivity index (χ0v) is 14.0. The zero-order chi connectivity index (χ0) is 14.3. The van der Waals surface area contributed by atoms with Crippen molar-refractivity contribution in [3.05, 3.63) is 21.9 Å². The molecule has 2 nitrogen and oxygen atoms in total. The molecule has 0 bridgehead atoms. The van der Waals surface area contributed by atoms with Gasteiger partial charge in [-0.15, -0.1) is 11.3 Å². The second-order valence-corrected chi connectivity index (χ2v) is 7.21. The molecule has 1 aromatic heterocycles. The van der Waals surface area contributed by atoms with Crippen LogP contribution in [0.1, 0.15) is 50.8 Å². The maximum absolute atomic E-state index is 3.47. The molecule has 0 aliphatic carbocycles. The van der Waals surface area contributed by atoms with Gasteiger partial charge in [-0.05, 0) is 44.9 Å². The minimum Gasteiger partial charge on any atom is -0.312 e. The van der Waals surface area contributed by atoms with E-state index >= 15 is 0 Å². The van der Waals surface area contributed by atoms with Crippen molar-refractivity contribution < 1.29 is 0 Å². The molecule has 0 fully saturated rings. The molecule has 1 rings (SSSR count). The first-order valence-corrected chi connectivity index (χ1v) is 8.37. The van der Waals surface area contributed by atoms with E-state index in [0.717, 1.165) is 25.6 Å². The van der Waals surface area contributed by atoms with E-state index in [0.29, 0.717) is 6.04 Å². The Morgan fingerprint density at radius 1 is 1.16 bits per heavy atom. The Bertz CT molecular complexity index is 344. The summed E-state index contributed by atoms with van der Waals surface area (Å²) in [6, 6.07) is 5.19. The number of nitrogens with zero attached hydrogens (tertiary/aromatic N) is 1. The Morgan fingerprint density at radius 2 is 1.84 bits per heavy atom. The quantitative estimate of drug-likeness (QED) is 0.686. The lowest BCUT2D eigenvalue weighted by atomic mass is 10.2. The van der Waals surface area contributed by atoms with Gasteiger partial charge in [0.05, 0.1) is 0 Å². The van der Waals surface area contributed by atoms with Gasteiger partial charge in [-0.3, -0.25) is 4.90 Å². The van der Waals surface area contributed by atoms with Crippen LogP contribution in [0.5, 0.6) is 0 Å². The van der Waals surface area contributed by atoms with Gasteiger partial charge >= 0.3 is 0 Å². The molecular formula is C16H30N2S. The Kier molecular flexibility index (Phi) is 7.66. The van der Waals surface area contributed by atoms with Gasteiger partial charge in [0.1, 0.15) is 0 Å². The highest BCUT2D eigenvalue weighted by atomic mass is 32.1. The first kappa shape index (κ1) is 16.7. The van der Waals surface area contributed by atoms with Crippen LogP contribution in [0.3, 0.4) is 0 Å². The standard InChI is InChI=1S/C16H30N2S/c1-6-9-17-10-15-7-8-16(19-15)12-18(14(4)5)11-13(2)3/h7-8,13-14,17H,6,9-12H2,1-5H3. The second-order valence-electron chi connectivity index (χ2n) is 5.96. The Hall–Kier alpha value is -0.380. The van der Waals surface area contributed by atoms with Gasteiger partial charge in [-0.1, -0.05) is 20.8 Å². The summed E-state index contributed by atoms with van der Waals surface area (Å²) < 4.78 is 0. The Morgan fingerprint density at radius 3 is 2.42 bits per heavy atom. The molecule has 110 valence electrons. The molecule has 0 aliphatic rings. The van der Waals surface area contributed by atoms with Gasteiger partial charge in [-0.25, -0.2) is 0 Å². The van der Waals surface area contributed by atoms with Gasteiger partial charge in [0.15, 0.2) is 0 Å². The van der Waals surface area contributed by atoms with Crippen LogP contribution in [0.25, 0.3) is 0 Å². The highest BCUT2D eigenvalue weighted by Crippen LogP contribution is 2.20. The molecule has 0 aromatic carbocycles. The van der Waals surface area contributed by atoms with Crippen molar-refractivity contribution in [1.82, 2.24) is 10.2 Å². The van der Waals surface area contributed by atoms with Crippen LogP contribution in [-0.2, 0) is 13.1 Å². The summed E-state index contributed by atoms with van der Waals surface area (Å²) in [4.78, 5) is 5.51. The minimum atomic E-state index is 0.617. The van der Waals surface area contributed by atoms with Crippen molar-refractivity contribution >= 4 is 11.3 Å². The van der Waals surface area contributed by atoms with Gasteiger partial charge in [-0.2, -0.15) is 0 Å². The first-order chi connectivity index (χ1) is 9.02. The zero-order valence-electron chi connectivity index (χ0n) is 13.2. The van der Waals surface area contributed by atoms with Crippen LogP contribution in [-0.4, -0.2) is 24.0 Å². The fourth-order valence-electron chi connectivity index (χ4n) is 2.12. The third kappa shape index (κ3) is 6.55. The third-order valence-electron chi connectivity index (χ3n) is 3.13. The summed E-state index contributed by atoms with van der Waals surface area (Å²) >= 11 is 1.95. The lowest BCUT2D eigenvalue weighted by molar-refractivity contribution is 0.191. The number of hydrogen-bond donors (Lipinski definition) is 1. The molecule has 0 saturated carbocycles. The molecular weight excluding hydrogens is 252 g/mol. The third-order valence-corrected chi connectivity index (χ3v) is 4.20. The molecule has 1 N–H and O–H groups in total. The summed E-state index contributed by atoms with van der Waals surface area (Å²) in [5.41, 5.74) is 0. The highest BCUT2D eigenvalue weighted by molar-refractivity contribution is 7.11.